The SMILES string of the molecule is CCOC(=O)c1cccc(NC(=O)CSc2nnc(CSc3ccc(C)cc3)n2C)c1. The summed E-state index contributed by atoms with van der Waals surface area (Å²) in [4.78, 5) is 25.3. The first-order valence-corrected chi connectivity index (χ1v) is 11.7. The lowest BCUT2D eigenvalue weighted by atomic mass is 10.2. The summed E-state index contributed by atoms with van der Waals surface area (Å²) in [6.07, 6.45) is 0. The molecule has 0 unspecified atom stereocenters. The van der Waals surface area contributed by atoms with Crippen molar-refractivity contribution in [3.8, 4) is 0 Å². The van der Waals surface area contributed by atoms with E-state index in [2.05, 4.69) is 46.7 Å². The predicted octanol–water partition coefficient (Wildman–Crippen LogP) is 4.32. The molecule has 3 rings (SSSR count). The molecular formula is C22H24N4O3S2. The third-order valence-corrected chi connectivity index (χ3v) is 6.33. The van der Waals surface area contributed by atoms with Gasteiger partial charge >= 0.3 is 5.97 Å². The third-order valence-electron chi connectivity index (χ3n) is 4.30. The number of hydrogen-bond donors (Lipinski definition) is 1. The summed E-state index contributed by atoms with van der Waals surface area (Å²) in [7, 11) is 1.90. The number of amides is 1. The van der Waals surface area contributed by atoms with Gasteiger partial charge in [-0.05, 0) is 44.2 Å². The number of aryl methyl sites for hydroxylation is 1. The van der Waals surface area contributed by atoms with Crippen molar-refractivity contribution in [2.45, 2.75) is 29.7 Å². The molecule has 1 N–H and O–H groups in total. The minimum Gasteiger partial charge on any atom is -0.462 e. The fourth-order valence-electron chi connectivity index (χ4n) is 2.64. The molecule has 0 aliphatic heterocycles. The molecule has 0 aliphatic rings. The maximum absolute atomic E-state index is 12.3. The van der Waals surface area contributed by atoms with E-state index in [0.717, 1.165) is 5.82 Å². The number of carbonyl (C=O) groups excluding carboxylic acids is 2. The summed E-state index contributed by atoms with van der Waals surface area (Å²) in [5.41, 5.74) is 2.17. The van der Waals surface area contributed by atoms with E-state index in [9.17, 15) is 9.59 Å². The highest BCUT2D eigenvalue weighted by molar-refractivity contribution is 7.99. The van der Waals surface area contributed by atoms with Crippen LogP contribution in [0.3, 0.4) is 0 Å². The summed E-state index contributed by atoms with van der Waals surface area (Å²) in [6, 6.07) is 15.0. The molecule has 2 aromatic carbocycles. The van der Waals surface area contributed by atoms with Gasteiger partial charge in [0.2, 0.25) is 5.91 Å². The zero-order valence-electron chi connectivity index (χ0n) is 17.6. The Bertz CT molecular complexity index is 1050. The molecule has 31 heavy (non-hydrogen) atoms. The number of anilines is 1. The van der Waals surface area contributed by atoms with Crippen LogP contribution in [-0.2, 0) is 22.3 Å². The van der Waals surface area contributed by atoms with Crippen molar-refractivity contribution in [1.29, 1.82) is 0 Å². The Kier molecular flexibility index (Phi) is 8.13. The Balaban J connectivity index is 1.52. The van der Waals surface area contributed by atoms with Gasteiger partial charge in [-0.25, -0.2) is 4.79 Å². The second kappa shape index (κ2) is 11.0. The number of benzene rings is 2. The number of aromatic nitrogens is 3. The van der Waals surface area contributed by atoms with Crippen molar-refractivity contribution >= 4 is 41.1 Å². The minimum absolute atomic E-state index is 0.181. The predicted molar refractivity (Wildman–Crippen MR) is 123 cm³/mol. The van der Waals surface area contributed by atoms with Crippen LogP contribution in [0, 0.1) is 6.92 Å². The molecule has 0 saturated heterocycles. The van der Waals surface area contributed by atoms with Crippen LogP contribution < -0.4 is 5.32 Å². The number of rotatable bonds is 9. The van der Waals surface area contributed by atoms with Gasteiger partial charge in [0.15, 0.2) is 5.16 Å². The van der Waals surface area contributed by atoms with E-state index in [0.29, 0.717) is 28.8 Å². The topological polar surface area (TPSA) is 86.1 Å². The molecule has 0 atom stereocenters. The number of carbonyl (C=O) groups is 2. The zero-order chi connectivity index (χ0) is 22.2. The number of esters is 1. The van der Waals surface area contributed by atoms with Crippen LogP contribution in [0.25, 0.3) is 0 Å². The van der Waals surface area contributed by atoms with Gasteiger partial charge in [0, 0.05) is 17.6 Å². The molecule has 1 amide bonds. The first-order valence-electron chi connectivity index (χ1n) is 9.74. The van der Waals surface area contributed by atoms with Crippen molar-refractivity contribution < 1.29 is 14.3 Å². The summed E-state index contributed by atoms with van der Waals surface area (Å²) in [5.74, 6) is 1.11. The molecule has 1 heterocycles. The maximum Gasteiger partial charge on any atom is 0.338 e. The smallest absolute Gasteiger partial charge is 0.338 e. The van der Waals surface area contributed by atoms with Crippen molar-refractivity contribution in [2.24, 2.45) is 7.05 Å². The van der Waals surface area contributed by atoms with Gasteiger partial charge in [0.1, 0.15) is 5.82 Å². The van der Waals surface area contributed by atoms with Gasteiger partial charge in [-0.2, -0.15) is 0 Å². The first kappa shape index (κ1) is 22.9. The molecule has 3 aromatic rings. The lowest BCUT2D eigenvalue weighted by Crippen LogP contribution is -2.15. The van der Waals surface area contributed by atoms with Crippen molar-refractivity contribution in [1.82, 2.24) is 14.8 Å². The Hall–Kier alpha value is -2.78. The van der Waals surface area contributed by atoms with E-state index in [1.165, 1.54) is 22.2 Å². The second-order valence-electron chi connectivity index (χ2n) is 6.70. The summed E-state index contributed by atoms with van der Waals surface area (Å²) in [5, 5.41) is 11.9. The van der Waals surface area contributed by atoms with Gasteiger partial charge in [-0.1, -0.05) is 35.5 Å². The van der Waals surface area contributed by atoms with Gasteiger partial charge in [0.25, 0.3) is 0 Å². The molecular weight excluding hydrogens is 432 g/mol. The van der Waals surface area contributed by atoms with Crippen LogP contribution in [-0.4, -0.2) is 39.0 Å². The fraction of sp³-hybridized carbons (Fsp3) is 0.273. The Morgan fingerprint density at radius 1 is 1.10 bits per heavy atom. The number of nitrogens with one attached hydrogen (secondary N) is 1. The van der Waals surface area contributed by atoms with Crippen molar-refractivity contribution in [3.05, 3.63) is 65.5 Å². The third kappa shape index (κ3) is 6.60. The van der Waals surface area contributed by atoms with Gasteiger partial charge < -0.3 is 14.6 Å². The van der Waals surface area contributed by atoms with E-state index in [4.69, 9.17) is 4.74 Å². The first-order chi connectivity index (χ1) is 15.0. The number of nitrogens with zero attached hydrogens (tertiary/aromatic N) is 3. The van der Waals surface area contributed by atoms with Crippen LogP contribution >= 0.6 is 23.5 Å². The Morgan fingerprint density at radius 2 is 1.87 bits per heavy atom. The molecule has 0 fully saturated rings. The largest absolute Gasteiger partial charge is 0.462 e. The average molecular weight is 457 g/mol. The molecule has 7 nitrogen and oxygen atoms in total. The number of hydrogen-bond acceptors (Lipinski definition) is 7. The molecule has 0 saturated carbocycles. The van der Waals surface area contributed by atoms with Gasteiger partial charge in [-0.3, -0.25) is 4.79 Å². The monoisotopic (exact) mass is 456 g/mol. The Labute approximate surface area is 190 Å². The molecule has 0 spiro atoms. The zero-order valence-corrected chi connectivity index (χ0v) is 19.3. The molecule has 0 radical (unpaired) electrons. The van der Waals surface area contributed by atoms with Crippen molar-refractivity contribution in [2.75, 3.05) is 17.7 Å². The quantitative estimate of drug-likeness (QED) is 0.379. The highest BCUT2D eigenvalue weighted by Crippen LogP contribution is 2.24. The molecule has 0 bridgehead atoms. The highest BCUT2D eigenvalue weighted by Gasteiger charge is 2.13. The van der Waals surface area contributed by atoms with Crippen molar-refractivity contribution in [3.63, 3.8) is 0 Å². The lowest BCUT2D eigenvalue weighted by molar-refractivity contribution is -0.113. The normalized spacial score (nSPS) is 10.7. The molecule has 9 heteroatoms. The van der Waals surface area contributed by atoms with Crippen LogP contribution in [0.15, 0.2) is 58.6 Å². The van der Waals surface area contributed by atoms with Crippen LogP contribution in [0.5, 0.6) is 0 Å². The van der Waals surface area contributed by atoms with Crippen LogP contribution in [0.4, 0.5) is 5.69 Å². The van der Waals surface area contributed by atoms with E-state index < -0.39 is 5.97 Å². The standard InChI is InChI=1S/C22H24N4O3S2/c1-4-29-21(28)16-6-5-7-17(12-16)23-20(27)14-31-22-25-24-19(26(22)3)13-30-18-10-8-15(2)9-11-18/h5-12H,4,13-14H2,1-3H3,(H,23,27). The number of thioether (sulfide) groups is 2. The average Bonchev–Trinajstić information content (AvgIpc) is 3.11. The minimum atomic E-state index is -0.414. The molecule has 162 valence electrons. The second-order valence-corrected chi connectivity index (χ2v) is 8.69. The molecule has 0 aliphatic carbocycles. The molecule has 1 aromatic heterocycles. The Morgan fingerprint density at radius 3 is 2.61 bits per heavy atom. The van der Waals surface area contributed by atoms with E-state index in [1.807, 2.05) is 11.6 Å². The summed E-state index contributed by atoms with van der Waals surface area (Å²) < 4.78 is 6.89. The van der Waals surface area contributed by atoms with Gasteiger partial charge in [0.05, 0.1) is 23.7 Å². The van der Waals surface area contributed by atoms with Crippen LogP contribution in [0.2, 0.25) is 0 Å². The highest BCUT2D eigenvalue weighted by atomic mass is 32.2. The summed E-state index contributed by atoms with van der Waals surface area (Å²) in [6.45, 7) is 4.11. The fourth-order valence-corrected chi connectivity index (χ4v) is 4.25. The maximum atomic E-state index is 12.3. The van der Waals surface area contributed by atoms with E-state index in [-0.39, 0.29) is 11.7 Å². The summed E-state index contributed by atoms with van der Waals surface area (Å²) >= 11 is 3.01. The van der Waals surface area contributed by atoms with E-state index >= 15 is 0 Å². The van der Waals surface area contributed by atoms with E-state index in [1.54, 1.807) is 43.0 Å². The number of ether oxygens (including phenoxy) is 1. The lowest BCUT2D eigenvalue weighted by Gasteiger charge is -2.07. The van der Waals surface area contributed by atoms with Crippen LogP contribution in [0.1, 0.15) is 28.7 Å². The van der Waals surface area contributed by atoms with Gasteiger partial charge in [-0.15, -0.1) is 22.0 Å².